The van der Waals surface area contributed by atoms with Crippen LogP contribution >= 0.6 is 23.2 Å². The molecule has 1 aliphatic heterocycles. The number of aliphatic hydroxyl groups excluding tert-OH is 1. The fraction of sp³-hybridized carbons (Fsp3) is 0.333. The van der Waals surface area contributed by atoms with E-state index in [1.54, 1.807) is 46.0 Å². The molecular weight excluding hydrogens is 643 g/mol. The van der Waals surface area contributed by atoms with Crippen molar-refractivity contribution < 1.29 is 19.4 Å². The van der Waals surface area contributed by atoms with E-state index >= 15 is 0 Å². The van der Waals surface area contributed by atoms with Crippen LogP contribution in [0.3, 0.4) is 0 Å². The Morgan fingerprint density at radius 1 is 1.04 bits per heavy atom. The molecule has 5 rings (SSSR count). The topological polar surface area (TPSA) is 137 Å². The second-order valence-electron chi connectivity index (χ2n) is 11.4. The first kappa shape index (κ1) is 34.0. The van der Waals surface area contributed by atoms with Crippen molar-refractivity contribution in [3.8, 4) is 17.2 Å². The van der Waals surface area contributed by atoms with Gasteiger partial charge in [-0.2, -0.15) is 5.10 Å². The van der Waals surface area contributed by atoms with Crippen LogP contribution in [-0.2, 0) is 13.0 Å². The van der Waals surface area contributed by atoms with E-state index in [4.69, 9.17) is 27.9 Å². The maximum absolute atomic E-state index is 13.1. The number of anilines is 3. The van der Waals surface area contributed by atoms with Crippen LogP contribution in [-0.4, -0.2) is 75.0 Å². The number of carbonyl (C=O) groups excluding carboxylic acids is 2. The summed E-state index contributed by atoms with van der Waals surface area (Å²) in [7, 11) is 4.01. The van der Waals surface area contributed by atoms with Crippen molar-refractivity contribution in [3.63, 3.8) is 0 Å². The smallest absolute Gasteiger partial charge is 0.324 e. The normalized spacial score (nSPS) is 14.4. The second-order valence-corrected chi connectivity index (χ2v) is 12.2. The summed E-state index contributed by atoms with van der Waals surface area (Å²) < 4.78 is 7.62. The Kier molecular flexibility index (Phi) is 11.2. The van der Waals surface area contributed by atoms with Gasteiger partial charge in [-0.1, -0.05) is 48.7 Å². The SMILES string of the molecule is CCCCc1cc(NC(=O)Nc2ccc(Oc3ccnc(NC(=O)N4CC[C@H](N(C)C)C4)c3)c(Cl)c2Cl)n(-c2ccc(CO)cc2)n1. The van der Waals surface area contributed by atoms with Gasteiger partial charge in [-0.25, -0.2) is 19.3 Å². The number of benzene rings is 2. The van der Waals surface area contributed by atoms with Crippen molar-refractivity contribution in [3.05, 3.63) is 82.1 Å². The number of hydrogen-bond acceptors (Lipinski definition) is 7. The lowest BCUT2D eigenvalue weighted by Crippen LogP contribution is -2.36. The van der Waals surface area contributed by atoms with Crippen LogP contribution in [0.25, 0.3) is 5.69 Å². The summed E-state index contributed by atoms with van der Waals surface area (Å²) in [6, 6.07) is 15.0. The maximum atomic E-state index is 13.1. The molecule has 4 N–H and O–H groups in total. The maximum Gasteiger partial charge on any atom is 0.324 e. The highest BCUT2D eigenvalue weighted by Gasteiger charge is 2.27. The number of carbonyl (C=O) groups is 2. The van der Waals surface area contributed by atoms with Gasteiger partial charge in [-0.3, -0.25) is 10.6 Å². The molecule has 3 heterocycles. The van der Waals surface area contributed by atoms with Gasteiger partial charge in [-0.05, 0) is 69.3 Å². The van der Waals surface area contributed by atoms with Crippen LogP contribution in [0.1, 0.15) is 37.4 Å². The van der Waals surface area contributed by atoms with Gasteiger partial charge in [0.05, 0.1) is 28.7 Å². The number of aliphatic hydroxyl groups is 1. The molecule has 0 saturated carbocycles. The molecule has 2 aromatic heterocycles. The van der Waals surface area contributed by atoms with Crippen molar-refractivity contribution >= 4 is 52.6 Å². The number of hydrogen-bond donors (Lipinski definition) is 4. The molecule has 14 heteroatoms. The molecule has 4 aromatic rings. The molecule has 0 bridgehead atoms. The first-order chi connectivity index (χ1) is 22.6. The lowest BCUT2D eigenvalue weighted by atomic mass is 10.2. The van der Waals surface area contributed by atoms with E-state index in [-0.39, 0.29) is 34.1 Å². The van der Waals surface area contributed by atoms with Crippen LogP contribution in [0.15, 0.2) is 60.8 Å². The van der Waals surface area contributed by atoms with Gasteiger partial charge in [0.2, 0.25) is 0 Å². The van der Waals surface area contributed by atoms with E-state index in [2.05, 4.69) is 37.9 Å². The molecule has 2 aromatic carbocycles. The summed E-state index contributed by atoms with van der Waals surface area (Å²) >= 11 is 13.1. The average Bonchev–Trinajstić information content (AvgIpc) is 3.72. The summed E-state index contributed by atoms with van der Waals surface area (Å²) in [6.07, 6.45) is 5.16. The molecule has 47 heavy (non-hydrogen) atoms. The van der Waals surface area contributed by atoms with Gasteiger partial charge in [0.25, 0.3) is 0 Å². The lowest BCUT2D eigenvalue weighted by Gasteiger charge is -2.20. The molecule has 4 amide bonds. The summed E-state index contributed by atoms with van der Waals surface area (Å²) in [5, 5.41) is 22.7. The minimum atomic E-state index is -0.545. The molecule has 0 unspecified atom stereocenters. The zero-order valence-electron chi connectivity index (χ0n) is 26.5. The average molecular weight is 682 g/mol. The van der Waals surface area contributed by atoms with E-state index < -0.39 is 6.03 Å². The number of urea groups is 2. The Morgan fingerprint density at radius 2 is 1.83 bits per heavy atom. The first-order valence-electron chi connectivity index (χ1n) is 15.4. The number of likely N-dealkylation sites (tertiary alicyclic amines) is 1. The van der Waals surface area contributed by atoms with Crippen LogP contribution in [0.4, 0.5) is 26.9 Å². The molecule has 0 spiro atoms. The number of aromatic nitrogens is 3. The molecule has 1 aliphatic rings. The number of nitrogens with one attached hydrogen (secondary N) is 3. The lowest BCUT2D eigenvalue weighted by molar-refractivity contribution is 0.216. The van der Waals surface area contributed by atoms with Crippen molar-refractivity contribution in [2.24, 2.45) is 0 Å². The number of nitrogens with zero attached hydrogens (tertiary/aromatic N) is 5. The predicted molar refractivity (Wildman–Crippen MR) is 184 cm³/mol. The highest BCUT2D eigenvalue weighted by atomic mass is 35.5. The van der Waals surface area contributed by atoms with Gasteiger partial charge < -0.3 is 25.0 Å². The van der Waals surface area contributed by atoms with Crippen molar-refractivity contribution in [1.82, 2.24) is 24.6 Å². The molecule has 0 aliphatic carbocycles. The van der Waals surface area contributed by atoms with Crippen molar-refractivity contribution in [1.29, 1.82) is 0 Å². The second kappa shape index (κ2) is 15.5. The van der Waals surface area contributed by atoms with Crippen LogP contribution in [0, 0.1) is 0 Å². The van der Waals surface area contributed by atoms with Crippen LogP contribution in [0.5, 0.6) is 11.5 Å². The zero-order valence-corrected chi connectivity index (χ0v) is 28.0. The quantitative estimate of drug-likeness (QED) is 0.134. The fourth-order valence-corrected chi connectivity index (χ4v) is 5.53. The molecule has 248 valence electrons. The molecule has 12 nitrogen and oxygen atoms in total. The number of aryl methyl sites for hydroxylation is 1. The van der Waals surface area contributed by atoms with Gasteiger partial charge in [0.15, 0.2) is 0 Å². The summed E-state index contributed by atoms with van der Waals surface area (Å²) in [4.78, 5) is 34.0. The molecule has 1 saturated heterocycles. The number of unbranched alkanes of at least 4 members (excludes halogenated alkanes) is 1. The number of likely N-dealkylation sites (N-methyl/N-ethyl adjacent to an activating group) is 1. The Morgan fingerprint density at radius 3 is 2.53 bits per heavy atom. The molecule has 0 radical (unpaired) electrons. The van der Waals surface area contributed by atoms with Crippen molar-refractivity contribution in [2.45, 2.75) is 45.3 Å². The first-order valence-corrected chi connectivity index (χ1v) is 16.1. The summed E-state index contributed by atoms with van der Waals surface area (Å²) in [5.74, 6) is 1.44. The highest BCUT2D eigenvalue weighted by Crippen LogP contribution is 2.40. The Balaban J connectivity index is 1.25. The van der Waals surface area contributed by atoms with Gasteiger partial charge >= 0.3 is 12.1 Å². The number of halogens is 2. The van der Waals surface area contributed by atoms with Gasteiger partial charge in [0, 0.05) is 37.5 Å². The van der Waals surface area contributed by atoms with Gasteiger partial charge in [0.1, 0.15) is 28.2 Å². The molecule has 1 fully saturated rings. The predicted octanol–water partition coefficient (Wildman–Crippen LogP) is 7.01. The largest absolute Gasteiger partial charge is 0.456 e. The highest BCUT2D eigenvalue weighted by molar-refractivity contribution is 6.45. The third-order valence-electron chi connectivity index (χ3n) is 7.82. The minimum Gasteiger partial charge on any atom is -0.456 e. The molecule has 1 atom stereocenters. The molecular formula is C33H38Cl2N8O4. The van der Waals surface area contributed by atoms with E-state index in [9.17, 15) is 14.7 Å². The third-order valence-corrected chi connectivity index (χ3v) is 8.69. The van der Waals surface area contributed by atoms with E-state index in [1.165, 1.54) is 6.20 Å². The number of pyridine rings is 1. The van der Waals surface area contributed by atoms with E-state index in [0.29, 0.717) is 36.5 Å². The standard InChI is InChI=1S/C33H38Cl2N8O4/c1-4-5-6-22-17-29(43(40-22)23-9-7-21(20-44)8-10-23)39-32(45)37-26-11-12-27(31(35)30(26)34)47-25-13-15-36-28(18-25)38-33(46)42-16-14-24(19-42)41(2)3/h7-13,15,17-18,24,44H,4-6,14,16,19-20H2,1-3H3,(H,36,38,46)(H2,37,39,45)/t24-/m0/s1. The van der Waals surface area contributed by atoms with Gasteiger partial charge in [-0.15, -0.1) is 0 Å². The fourth-order valence-electron chi connectivity index (χ4n) is 5.12. The third kappa shape index (κ3) is 8.52. The number of rotatable bonds is 11. The zero-order chi connectivity index (χ0) is 33.5. The Hall–Kier alpha value is -4.36. The van der Waals surface area contributed by atoms with Crippen LogP contribution < -0.4 is 20.7 Å². The van der Waals surface area contributed by atoms with Crippen molar-refractivity contribution in [2.75, 3.05) is 43.1 Å². The van der Waals surface area contributed by atoms with E-state index in [0.717, 1.165) is 42.6 Å². The minimum absolute atomic E-state index is 0.0692. The monoisotopic (exact) mass is 680 g/mol. The number of amides is 4. The summed E-state index contributed by atoms with van der Waals surface area (Å²) in [5.41, 5.74) is 2.61. The summed E-state index contributed by atoms with van der Waals surface area (Å²) in [6.45, 7) is 3.34. The number of ether oxygens (including phenoxy) is 1. The Labute approximate surface area is 283 Å². The van der Waals surface area contributed by atoms with Crippen LogP contribution in [0.2, 0.25) is 10.0 Å². The van der Waals surface area contributed by atoms with E-state index in [1.807, 2.05) is 32.3 Å². The Bertz CT molecular complexity index is 1710.